The quantitative estimate of drug-likeness (QED) is 0.128. The molecule has 5 atom stereocenters. The summed E-state index contributed by atoms with van der Waals surface area (Å²) in [7, 11) is 0. The summed E-state index contributed by atoms with van der Waals surface area (Å²) in [5, 5.41) is 24.1. The fraction of sp³-hybridized carbons (Fsp3) is 0.500. The van der Waals surface area contributed by atoms with Crippen LogP contribution in [0.25, 0.3) is 0 Å². The van der Waals surface area contributed by atoms with Crippen molar-refractivity contribution in [2.75, 3.05) is 26.2 Å². The molecule has 3 aliphatic rings. The van der Waals surface area contributed by atoms with Crippen LogP contribution in [0.15, 0.2) is 35.5 Å². The van der Waals surface area contributed by atoms with Crippen molar-refractivity contribution in [3.05, 3.63) is 51.2 Å². The molecule has 37 heavy (non-hydrogen) atoms. The third-order valence-corrected chi connectivity index (χ3v) is 7.24. The van der Waals surface area contributed by atoms with E-state index in [-0.39, 0.29) is 35.5 Å². The lowest BCUT2D eigenvalue weighted by Crippen LogP contribution is -2.63. The molecular formula is C24H29N5O8. The Hall–Kier alpha value is -3.68. The van der Waals surface area contributed by atoms with E-state index in [0.29, 0.717) is 25.2 Å². The minimum Gasteiger partial charge on any atom is -0.393 e. The second kappa shape index (κ2) is 10.4. The number of primary amides is 1. The fourth-order valence-corrected chi connectivity index (χ4v) is 5.38. The van der Waals surface area contributed by atoms with Crippen LogP contribution in [0.5, 0.6) is 0 Å². The number of nitro benzene ring substituents is 1. The van der Waals surface area contributed by atoms with E-state index in [9.17, 15) is 34.4 Å². The number of carbonyl (C=O) groups is 4. The maximum atomic E-state index is 13.2. The number of β-lactam (4-membered cyclic amide) rings is 1. The van der Waals surface area contributed by atoms with Gasteiger partial charge in [-0.05, 0) is 31.1 Å². The van der Waals surface area contributed by atoms with Gasteiger partial charge in [0.15, 0.2) is 0 Å². The Morgan fingerprint density at radius 1 is 1.27 bits per heavy atom. The largest absolute Gasteiger partial charge is 0.393 e. The number of carbonyl (C=O) groups excluding carboxylic acids is 4. The standard InChI is InChI=1S/C24H29N5O8/c1-12-17(11-27-8-7-15(10-27)26-9-18(25)31)21(28-20(12)19(13(2)30)22(28)32)24(34)37-23(33)14-3-5-16(6-4-14)29(35)36/h3-6,12-13,15,19-20,26,30H,7-11H2,1-2H3,(H2,25,31)/t12-,13+,15-,19?,20+/m0/s1. The van der Waals surface area contributed by atoms with Gasteiger partial charge < -0.3 is 25.8 Å². The summed E-state index contributed by atoms with van der Waals surface area (Å²) in [5.74, 6) is -3.82. The summed E-state index contributed by atoms with van der Waals surface area (Å²) in [4.78, 5) is 63.5. The number of aliphatic hydroxyl groups is 1. The molecule has 1 aromatic rings. The van der Waals surface area contributed by atoms with Crippen LogP contribution in [-0.2, 0) is 19.1 Å². The van der Waals surface area contributed by atoms with Gasteiger partial charge in [-0.15, -0.1) is 0 Å². The van der Waals surface area contributed by atoms with Crippen molar-refractivity contribution in [1.29, 1.82) is 0 Å². The molecule has 0 spiro atoms. The SMILES string of the molecule is C[C@@H](O)C1C(=O)N2C(C(=O)OC(=O)c3ccc([N+](=O)[O-])cc3)=C(CN3CC[C@H](NCC(N)=O)C3)[C@H](C)[C@H]12. The molecule has 2 amide bonds. The van der Waals surface area contributed by atoms with Gasteiger partial charge in [0.2, 0.25) is 11.8 Å². The highest BCUT2D eigenvalue weighted by molar-refractivity contribution is 6.06. The van der Waals surface area contributed by atoms with E-state index in [0.717, 1.165) is 18.6 Å². The number of amides is 2. The van der Waals surface area contributed by atoms with Crippen LogP contribution in [-0.4, -0.2) is 87.9 Å². The molecule has 0 bridgehead atoms. The molecule has 13 heteroatoms. The Bertz CT molecular complexity index is 1160. The normalized spacial score (nSPS) is 26.0. The number of fused-ring (bicyclic) bond motifs is 1. The van der Waals surface area contributed by atoms with Gasteiger partial charge in [0, 0.05) is 43.7 Å². The lowest BCUT2D eigenvalue weighted by Gasteiger charge is -2.46. The second-order valence-electron chi connectivity index (χ2n) is 9.68. The second-order valence-corrected chi connectivity index (χ2v) is 9.68. The Kier molecular flexibility index (Phi) is 7.39. The van der Waals surface area contributed by atoms with Gasteiger partial charge in [-0.1, -0.05) is 6.92 Å². The predicted octanol–water partition coefficient (Wildman–Crippen LogP) is -0.461. The average Bonchev–Trinajstić information content (AvgIpc) is 3.38. The summed E-state index contributed by atoms with van der Waals surface area (Å²) in [6, 6.07) is 4.22. The first-order valence-electron chi connectivity index (χ1n) is 12.0. The number of aliphatic hydroxyl groups excluding tert-OH is 1. The molecule has 4 N–H and O–H groups in total. The van der Waals surface area contributed by atoms with Gasteiger partial charge in [0.05, 0.1) is 35.1 Å². The highest BCUT2D eigenvalue weighted by Gasteiger charge is 2.60. The summed E-state index contributed by atoms with van der Waals surface area (Å²) in [5.41, 5.74) is 5.55. The number of hydrogen-bond acceptors (Lipinski definition) is 10. The first-order valence-corrected chi connectivity index (χ1v) is 12.0. The van der Waals surface area contributed by atoms with Crippen molar-refractivity contribution >= 4 is 29.4 Å². The highest BCUT2D eigenvalue weighted by atomic mass is 16.6. The predicted molar refractivity (Wildman–Crippen MR) is 128 cm³/mol. The maximum Gasteiger partial charge on any atom is 0.362 e. The number of non-ortho nitro benzene ring substituents is 1. The van der Waals surface area contributed by atoms with E-state index in [1.807, 2.05) is 6.92 Å². The Balaban J connectivity index is 1.54. The summed E-state index contributed by atoms with van der Waals surface area (Å²) in [6.45, 7) is 5.04. The number of hydrogen-bond donors (Lipinski definition) is 3. The number of benzene rings is 1. The molecule has 0 saturated carbocycles. The van der Waals surface area contributed by atoms with E-state index in [4.69, 9.17) is 10.5 Å². The van der Waals surface area contributed by atoms with Gasteiger partial charge in [0.25, 0.3) is 5.69 Å². The number of ether oxygens (including phenoxy) is 1. The molecule has 4 rings (SSSR count). The Morgan fingerprint density at radius 2 is 1.95 bits per heavy atom. The van der Waals surface area contributed by atoms with E-state index in [1.165, 1.54) is 24.0 Å². The van der Waals surface area contributed by atoms with Gasteiger partial charge in [-0.25, -0.2) is 9.59 Å². The minimum absolute atomic E-state index is 0.0109. The summed E-state index contributed by atoms with van der Waals surface area (Å²) in [6.07, 6.45) is -0.154. The molecule has 0 radical (unpaired) electrons. The zero-order chi connectivity index (χ0) is 27.0. The molecule has 0 aliphatic carbocycles. The van der Waals surface area contributed by atoms with E-state index >= 15 is 0 Å². The van der Waals surface area contributed by atoms with Crippen LogP contribution >= 0.6 is 0 Å². The van der Waals surface area contributed by atoms with Gasteiger partial charge >= 0.3 is 11.9 Å². The average molecular weight is 516 g/mol. The molecule has 0 aromatic heterocycles. The number of rotatable bonds is 9. The van der Waals surface area contributed by atoms with Crippen molar-refractivity contribution < 1.29 is 33.9 Å². The van der Waals surface area contributed by atoms with Crippen molar-refractivity contribution in [2.45, 2.75) is 38.5 Å². The molecule has 1 aromatic carbocycles. The molecule has 198 valence electrons. The number of esters is 2. The number of nitrogens with two attached hydrogens (primary N) is 1. The van der Waals surface area contributed by atoms with Gasteiger partial charge in [-0.3, -0.25) is 24.6 Å². The van der Waals surface area contributed by atoms with Crippen molar-refractivity contribution in [2.24, 2.45) is 17.6 Å². The van der Waals surface area contributed by atoms with Crippen LogP contribution in [0.4, 0.5) is 5.69 Å². The lowest BCUT2D eigenvalue weighted by molar-refractivity contribution is -0.384. The maximum absolute atomic E-state index is 13.2. The van der Waals surface area contributed by atoms with Crippen LogP contribution in [0.2, 0.25) is 0 Å². The smallest absolute Gasteiger partial charge is 0.362 e. The van der Waals surface area contributed by atoms with Crippen LogP contribution in [0.1, 0.15) is 30.6 Å². The molecule has 2 fully saturated rings. The third kappa shape index (κ3) is 5.10. The van der Waals surface area contributed by atoms with E-state index < -0.39 is 46.7 Å². The molecule has 13 nitrogen and oxygen atoms in total. The van der Waals surface area contributed by atoms with E-state index in [2.05, 4.69) is 10.2 Å². The highest BCUT2D eigenvalue weighted by Crippen LogP contribution is 2.47. The molecule has 3 aliphatic heterocycles. The van der Waals surface area contributed by atoms with Gasteiger partial charge in [-0.2, -0.15) is 0 Å². The summed E-state index contributed by atoms with van der Waals surface area (Å²) >= 11 is 0. The van der Waals surface area contributed by atoms with Crippen LogP contribution in [0.3, 0.4) is 0 Å². The topological polar surface area (TPSA) is 185 Å². The molecule has 2 saturated heterocycles. The van der Waals surface area contributed by atoms with Crippen LogP contribution < -0.4 is 11.1 Å². The van der Waals surface area contributed by atoms with Gasteiger partial charge in [0.1, 0.15) is 5.70 Å². The van der Waals surface area contributed by atoms with Crippen molar-refractivity contribution in [3.63, 3.8) is 0 Å². The monoisotopic (exact) mass is 515 g/mol. The first kappa shape index (κ1) is 26.4. The zero-order valence-electron chi connectivity index (χ0n) is 20.5. The number of nitro groups is 1. The van der Waals surface area contributed by atoms with Crippen molar-refractivity contribution in [3.8, 4) is 0 Å². The molecule has 1 unspecified atom stereocenters. The number of likely N-dealkylation sites (tertiary alicyclic amines) is 1. The third-order valence-electron chi connectivity index (χ3n) is 7.24. The van der Waals surface area contributed by atoms with Crippen LogP contribution in [0, 0.1) is 22.0 Å². The molecule has 3 heterocycles. The Labute approximate surface area is 212 Å². The zero-order valence-corrected chi connectivity index (χ0v) is 20.5. The first-order chi connectivity index (χ1) is 17.5. The number of nitrogens with zero attached hydrogens (tertiary/aromatic N) is 3. The van der Waals surface area contributed by atoms with Crippen molar-refractivity contribution in [1.82, 2.24) is 15.1 Å². The fourth-order valence-electron chi connectivity index (χ4n) is 5.38. The lowest BCUT2D eigenvalue weighted by atomic mass is 9.77. The Morgan fingerprint density at radius 3 is 2.54 bits per heavy atom. The molecular weight excluding hydrogens is 486 g/mol. The summed E-state index contributed by atoms with van der Waals surface area (Å²) < 4.78 is 5.10. The number of nitrogens with one attached hydrogen (secondary N) is 1. The van der Waals surface area contributed by atoms with E-state index in [1.54, 1.807) is 0 Å². The minimum atomic E-state index is -1.00.